The van der Waals surface area contributed by atoms with E-state index < -0.39 is 0 Å². The van der Waals surface area contributed by atoms with Crippen LogP contribution in [0.5, 0.6) is 0 Å². The number of aryl methyl sites for hydroxylation is 2. The van der Waals surface area contributed by atoms with E-state index in [1.807, 2.05) is 19.9 Å². The van der Waals surface area contributed by atoms with Crippen molar-refractivity contribution in [1.29, 1.82) is 5.26 Å². The van der Waals surface area contributed by atoms with Crippen LogP contribution in [-0.2, 0) is 0 Å². The van der Waals surface area contributed by atoms with Crippen molar-refractivity contribution in [3.05, 3.63) is 22.9 Å². The van der Waals surface area contributed by atoms with Crippen LogP contribution in [-0.4, -0.2) is 43.1 Å². The SMILES string of the molecule is Cc1cc(C)c(C#N)c(N2CCC(N(C)C)C2)n1. The van der Waals surface area contributed by atoms with Crippen molar-refractivity contribution in [2.24, 2.45) is 0 Å². The molecule has 0 bridgehead atoms. The fraction of sp³-hybridized carbons (Fsp3) is 0.571. The largest absolute Gasteiger partial charge is 0.354 e. The second-order valence-corrected chi connectivity index (χ2v) is 5.24. The Morgan fingerprint density at radius 3 is 2.72 bits per heavy atom. The molecule has 96 valence electrons. The number of hydrogen-bond acceptors (Lipinski definition) is 4. The quantitative estimate of drug-likeness (QED) is 0.794. The van der Waals surface area contributed by atoms with Crippen molar-refractivity contribution < 1.29 is 0 Å². The summed E-state index contributed by atoms with van der Waals surface area (Å²) in [7, 11) is 4.21. The molecule has 1 aromatic heterocycles. The molecular weight excluding hydrogens is 224 g/mol. The number of nitrogens with zero attached hydrogens (tertiary/aromatic N) is 4. The normalized spacial score (nSPS) is 19.3. The van der Waals surface area contributed by atoms with Crippen LogP contribution < -0.4 is 4.90 Å². The first-order chi connectivity index (χ1) is 8.52. The lowest BCUT2D eigenvalue weighted by Crippen LogP contribution is -2.32. The summed E-state index contributed by atoms with van der Waals surface area (Å²) in [6.45, 7) is 5.90. The Kier molecular flexibility index (Phi) is 3.53. The minimum Gasteiger partial charge on any atom is -0.354 e. The zero-order chi connectivity index (χ0) is 13.3. The number of nitriles is 1. The van der Waals surface area contributed by atoms with E-state index in [4.69, 9.17) is 0 Å². The number of anilines is 1. The Morgan fingerprint density at radius 1 is 1.44 bits per heavy atom. The van der Waals surface area contributed by atoms with E-state index in [1.165, 1.54) is 0 Å². The third-order valence-electron chi connectivity index (χ3n) is 3.63. The summed E-state index contributed by atoms with van der Waals surface area (Å²) in [5.74, 6) is 0.861. The molecule has 1 unspecified atom stereocenters. The Morgan fingerprint density at radius 2 is 2.17 bits per heavy atom. The molecule has 18 heavy (non-hydrogen) atoms. The van der Waals surface area contributed by atoms with Gasteiger partial charge in [-0.2, -0.15) is 5.26 Å². The van der Waals surface area contributed by atoms with Crippen molar-refractivity contribution in [1.82, 2.24) is 9.88 Å². The van der Waals surface area contributed by atoms with Gasteiger partial charge in [-0.25, -0.2) is 4.98 Å². The number of aromatic nitrogens is 1. The van der Waals surface area contributed by atoms with Crippen LogP contribution in [0.3, 0.4) is 0 Å². The first kappa shape index (κ1) is 12.8. The van der Waals surface area contributed by atoms with Gasteiger partial charge < -0.3 is 9.80 Å². The van der Waals surface area contributed by atoms with Crippen LogP contribution in [0.25, 0.3) is 0 Å². The van der Waals surface area contributed by atoms with Crippen molar-refractivity contribution >= 4 is 5.82 Å². The fourth-order valence-electron chi connectivity index (χ4n) is 2.54. The summed E-state index contributed by atoms with van der Waals surface area (Å²) in [6, 6.07) is 4.82. The van der Waals surface area contributed by atoms with Gasteiger partial charge in [0.05, 0.1) is 5.56 Å². The lowest BCUT2D eigenvalue weighted by Gasteiger charge is -2.22. The highest BCUT2D eigenvalue weighted by Crippen LogP contribution is 2.26. The number of hydrogen-bond donors (Lipinski definition) is 0. The molecule has 2 rings (SSSR count). The lowest BCUT2D eigenvalue weighted by atomic mass is 10.1. The summed E-state index contributed by atoms with van der Waals surface area (Å²) in [6.07, 6.45) is 1.13. The predicted octanol–water partition coefficient (Wildman–Crippen LogP) is 1.71. The Labute approximate surface area is 109 Å². The van der Waals surface area contributed by atoms with Crippen LogP contribution in [0.1, 0.15) is 23.2 Å². The van der Waals surface area contributed by atoms with Gasteiger partial charge in [-0.3, -0.25) is 0 Å². The first-order valence-electron chi connectivity index (χ1n) is 6.32. The van der Waals surface area contributed by atoms with Crippen LogP contribution in [0.2, 0.25) is 0 Å². The molecule has 0 radical (unpaired) electrons. The van der Waals surface area contributed by atoms with Crippen molar-refractivity contribution in [3.63, 3.8) is 0 Å². The fourth-order valence-corrected chi connectivity index (χ4v) is 2.54. The highest BCUT2D eigenvalue weighted by atomic mass is 15.3. The van der Waals surface area contributed by atoms with Gasteiger partial charge in [0.1, 0.15) is 11.9 Å². The van der Waals surface area contributed by atoms with E-state index in [9.17, 15) is 5.26 Å². The summed E-state index contributed by atoms with van der Waals surface area (Å²) in [5.41, 5.74) is 2.73. The molecule has 2 heterocycles. The third kappa shape index (κ3) is 2.32. The molecule has 0 aromatic carbocycles. The maximum absolute atomic E-state index is 9.30. The van der Waals surface area contributed by atoms with Gasteiger partial charge in [-0.05, 0) is 46.0 Å². The van der Waals surface area contributed by atoms with Gasteiger partial charge in [0.2, 0.25) is 0 Å². The van der Waals surface area contributed by atoms with Gasteiger partial charge in [0.15, 0.2) is 0 Å². The van der Waals surface area contributed by atoms with Crippen LogP contribution in [0, 0.1) is 25.2 Å². The summed E-state index contributed by atoms with van der Waals surface area (Å²) in [4.78, 5) is 9.05. The van der Waals surface area contributed by atoms with E-state index in [1.54, 1.807) is 0 Å². The van der Waals surface area contributed by atoms with E-state index in [0.717, 1.165) is 42.1 Å². The van der Waals surface area contributed by atoms with Gasteiger partial charge in [-0.1, -0.05) is 0 Å². The standard InChI is InChI=1S/C14H20N4/c1-10-7-11(2)16-14(13(10)8-15)18-6-5-12(9-18)17(3)4/h7,12H,5-6,9H2,1-4H3. The number of likely N-dealkylation sites (N-methyl/N-ethyl adjacent to an activating group) is 1. The van der Waals surface area contributed by atoms with Gasteiger partial charge in [0, 0.05) is 24.8 Å². The summed E-state index contributed by atoms with van der Waals surface area (Å²) in [5, 5.41) is 9.30. The zero-order valence-electron chi connectivity index (χ0n) is 11.6. The second-order valence-electron chi connectivity index (χ2n) is 5.24. The van der Waals surface area contributed by atoms with Crippen LogP contribution in [0.15, 0.2) is 6.07 Å². The maximum atomic E-state index is 9.30. The van der Waals surface area contributed by atoms with E-state index in [0.29, 0.717) is 6.04 Å². The predicted molar refractivity (Wildman–Crippen MR) is 72.7 cm³/mol. The molecule has 0 aliphatic carbocycles. The van der Waals surface area contributed by atoms with Crippen molar-refractivity contribution in [3.8, 4) is 6.07 Å². The Bertz CT molecular complexity index is 487. The van der Waals surface area contributed by atoms with Gasteiger partial charge in [-0.15, -0.1) is 0 Å². The van der Waals surface area contributed by atoms with Crippen LogP contribution >= 0.6 is 0 Å². The highest BCUT2D eigenvalue weighted by Gasteiger charge is 2.27. The molecule has 1 fully saturated rings. The van der Waals surface area contributed by atoms with E-state index >= 15 is 0 Å². The minimum absolute atomic E-state index is 0.555. The molecule has 0 amide bonds. The molecule has 0 spiro atoms. The monoisotopic (exact) mass is 244 g/mol. The molecule has 1 saturated heterocycles. The average molecular weight is 244 g/mol. The summed E-state index contributed by atoms with van der Waals surface area (Å²) < 4.78 is 0. The average Bonchev–Trinajstić information content (AvgIpc) is 2.77. The van der Waals surface area contributed by atoms with Gasteiger partial charge in [0.25, 0.3) is 0 Å². The molecule has 1 aromatic rings. The lowest BCUT2D eigenvalue weighted by molar-refractivity contribution is 0.315. The maximum Gasteiger partial charge on any atom is 0.147 e. The number of pyridine rings is 1. The van der Waals surface area contributed by atoms with Crippen molar-refractivity contribution in [2.75, 3.05) is 32.1 Å². The molecule has 0 N–H and O–H groups in total. The second kappa shape index (κ2) is 4.95. The summed E-state index contributed by atoms with van der Waals surface area (Å²) >= 11 is 0. The minimum atomic E-state index is 0.555. The Hall–Kier alpha value is -1.60. The Balaban J connectivity index is 2.32. The molecule has 1 atom stereocenters. The molecule has 1 aliphatic heterocycles. The number of rotatable bonds is 2. The smallest absolute Gasteiger partial charge is 0.147 e. The third-order valence-corrected chi connectivity index (χ3v) is 3.63. The molecule has 0 saturated carbocycles. The topological polar surface area (TPSA) is 43.2 Å². The molecular formula is C14H20N4. The molecule has 4 nitrogen and oxygen atoms in total. The first-order valence-corrected chi connectivity index (χ1v) is 6.32. The van der Waals surface area contributed by atoms with E-state index in [2.05, 4.69) is 34.9 Å². The zero-order valence-corrected chi connectivity index (χ0v) is 11.6. The van der Waals surface area contributed by atoms with Gasteiger partial charge >= 0.3 is 0 Å². The molecule has 4 heteroatoms. The van der Waals surface area contributed by atoms with Crippen LogP contribution in [0.4, 0.5) is 5.82 Å². The highest BCUT2D eigenvalue weighted by molar-refractivity contribution is 5.58. The van der Waals surface area contributed by atoms with Crippen molar-refractivity contribution in [2.45, 2.75) is 26.3 Å². The van der Waals surface area contributed by atoms with E-state index in [-0.39, 0.29) is 0 Å². The molecule has 1 aliphatic rings.